The number of alkyl halides is 1. The van der Waals surface area contributed by atoms with Gasteiger partial charge in [-0.1, -0.05) is 15.9 Å². The molecule has 2 aliphatic rings. The van der Waals surface area contributed by atoms with Crippen molar-refractivity contribution in [2.45, 2.75) is 10.9 Å². The molecule has 0 fully saturated rings. The average Bonchev–Trinajstić information content (AvgIpc) is 2.89. The Labute approximate surface area is 122 Å². The van der Waals surface area contributed by atoms with E-state index in [-0.39, 0.29) is 16.5 Å². The minimum Gasteiger partial charge on any atom is -0.461 e. The maximum Gasteiger partial charge on any atom is 0.337 e. The van der Waals surface area contributed by atoms with Crippen LogP contribution in [0.5, 0.6) is 0 Å². The van der Waals surface area contributed by atoms with E-state index >= 15 is 0 Å². The molecule has 0 amide bonds. The Morgan fingerprint density at radius 2 is 2.00 bits per heavy atom. The fourth-order valence-corrected chi connectivity index (χ4v) is 2.87. The van der Waals surface area contributed by atoms with Gasteiger partial charge in [-0.3, -0.25) is 10.1 Å². The number of nitro benzene ring substituents is 1. The minimum atomic E-state index is -0.515. The first kappa shape index (κ1) is 13.3. The highest BCUT2D eigenvalue weighted by Gasteiger charge is 2.39. The number of hydrogen-bond donors (Lipinski definition) is 0. The zero-order chi connectivity index (χ0) is 14.3. The Kier molecular flexibility index (Phi) is 3.31. The summed E-state index contributed by atoms with van der Waals surface area (Å²) < 4.78 is 10.7. The van der Waals surface area contributed by atoms with Crippen molar-refractivity contribution >= 4 is 27.6 Å². The van der Waals surface area contributed by atoms with Crippen LogP contribution in [0.1, 0.15) is 11.7 Å². The number of nitrogens with zero attached hydrogens (tertiary/aromatic N) is 1. The monoisotopic (exact) mass is 339 g/mol. The summed E-state index contributed by atoms with van der Waals surface area (Å²) in [6, 6.07) is 6.00. The van der Waals surface area contributed by atoms with E-state index in [1.807, 2.05) is 0 Å². The summed E-state index contributed by atoms with van der Waals surface area (Å²) in [6.07, 6.45) is -0.515. The molecule has 3 rings (SSSR count). The Morgan fingerprint density at radius 1 is 1.30 bits per heavy atom. The number of halogens is 1. The van der Waals surface area contributed by atoms with Crippen LogP contribution in [-0.4, -0.2) is 28.9 Å². The first-order chi connectivity index (χ1) is 9.58. The van der Waals surface area contributed by atoms with Gasteiger partial charge in [-0.25, -0.2) is 4.79 Å². The van der Waals surface area contributed by atoms with Gasteiger partial charge in [-0.2, -0.15) is 0 Å². The predicted octanol–water partition coefficient (Wildman–Crippen LogP) is 2.28. The molecule has 0 spiro atoms. The van der Waals surface area contributed by atoms with Crippen molar-refractivity contribution in [2.24, 2.45) is 0 Å². The van der Waals surface area contributed by atoms with Crippen LogP contribution in [0.25, 0.3) is 0 Å². The molecule has 104 valence electrons. The zero-order valence-electron chi connectivity index (χ0n) is 10.2. The maximum atomic E-state index is 11.9. The normalized spacial score (nSPS) is 25.4. The van der Waals surface area contributed by atoms with E-state index in [4.69, 9.17) is 9.47 Å². The Bertz CT molecular complexity index is 610. The van der Waals surface area contributed by atoms with Gasteiger partial charge in [0, 0.05) is 12.1 Å². The number of cyclic esters (lactones) is 1. The van der Waals surface area contributed by atoms with Gasteiger partial charge in [0.25, 0.3) is 5.69 Å². The van der Waals surface area contributed by atoms with Gasteiger partial charge in [0.15, 0.2) is 0 Å². The molecule has 2 unspecified atom stereocenters. The highest BCUT2D eigenvalue weighted by molar-refractivity contribution is 9.09. The molecule has 0 N–H and O–H groups in total. The van der Waals surface area contributed by atoms with Crippen LogP contribution in [0, 0.1) is 10.1 Å². The van der Waals surface area contributed by atoms with Gasteiger partial charge in [-0.15, -0.1) is 0 Å². The number of carbonyl (C=O) groups is 1. The summed E-state index contributed by atoms with van der Waals surface area (Å²) in [5.41, 5.74) is 2.11. The van der Waals surface area contributed by atoms with Crippen LogP contribution in [0.15, 0.2) is 35.4 Å². The third-order valence-corrected chi connectivity index (χ3v) is 4.20. The molecule has 2 aliphatic heterocycles. The SMILES string of the molecule is O=C1OCC(Br)C2=C1C(c1ccc([N+](=O)[O-])cc1)OC2. The van der Waals surface area contributed by atoms with Crippen molar-refractivity contribution in [3.8, 4) is 0 Å². The molecule has 0 radical (unpaired) electrons. The lowest BCUT2D eigenvalue weighted by atomic mass is 9.96. The van der Waals surface area contributed by atoms with Crippen LogP contribution < -0.4 is 0 Å². The molecule has 0 saturated heterocycles. The van der Waals surface area contributed by atoms with Gasteiger partial charge in [0.05, 0.1) is 21.9 Å². The first-order valence-electron chi connectivity index (χ1n) is 5.98. The van der Waals surface area contributed by atoms with E-state index in [9.17, 15) is 14.9 Å². The zero-order valence-corrected chi connectivity index (χ0v) is 11.8. The summed E-state index contributed by atoms with van der Waals surface area (Å²) in [5.74, 6) is -0.378. The standard InChI is InChI=1S/C13H10BrNO5/c14-10-6-20-13(16)11-9(10)5-19-12(11)7-1-3-8(4-2-7)15(17)18/h1-4,10,12H,5-6H2. The van der Waals surface area contributed by atoms with Gasteiger partial charge in [-0.05, 0) is 23.3 Å². The van der Waals surface area contributed by atoms with Crippen molar-refractivity contribution in [1.82, 2.24) is 0 Å². The molecule has 0 bridgehead atoms. The van der Waals surface area contributed by atoms with Gasteiger partial charge in [0.2, 0.25) is 0 Å². The topological polar surface area (TPSA) is 78.7 Å². The third kappa shape index (κ3) is 2.12. The van der Waals surface area contributed by atoms with Crippen molar-refractivity contribution in [3.63, 3.8) is 0 Å². The lowest BCUT2D eigenvalue weighted by molar-refractivity contribution is -0.384. The first-order valence-corrected chi connectivity index (χ1v) is 6.89. The summed E-state index contributed by atoms with van der Waals surface area (Å²) in [7, 11) is 0. The second-order valence-electron chi connectivity index (χ2n) is 4.54. The number of benzene rings is 1. The number of nitro groups is 1. The Hall–Kier alpha value is -1.73. The van der Waals surface area contributed by atoms with E-state index in [1.165, 1.54) is 12.1 Å². The van der Waals surface area contributed by atoms with Crippen molar-refractivity contribution in [1.29, 1.82) is 0 Å². The molecule has 0 aliphatic carbocycles. The molecule has 0 saturated carbocycles. The van der Waals surface area contributed by atoms with Crippen LogP contribution in [0.3, 0.4) is 0 Å². The number of esters is 1. The van der Waals surface area contributed by atoms with Gasteiger partial charge in [0.1, 0.15) is 12.7 Å². The average molecular weight is 340 g/mol. The fourth-order valence-electron chi connectivity index (χ4n) is 2.36. The number of ether oxygens (including phenoxy) is 2. The predicted molar refractivity (Wildman–Crippen MR) is 72.5 cm³/mol. The molecular weight excluding hydrogens is 330 g/mol. The van der Waals surface area contributed by atoms with E-state index in [0.717, 1.165) is 5.57 Å². The summed E-state index contributed by atoms with van der Waals surface area (Å²) in [4.78, 5) is 22.0. The second-order valence-corrected chi connectivity index (χ2v) is 5.65. The number of carbonyl (C=O) groups excluding carboxylic acids is 1. The van der Waals surface area contributed by atoms with Crippen LogP contribution in [0.4, 0.5) is 5.69 Å². The smallest absolute Gasteiger partial charge is 0.337 e. The molecule has 20 heavy (non-hydrogen) atoms. The van der Waals surface area contributed by atoms with E-state index in [2.05, 4.69) is 15.9 Å². The lowest BCUT2D eigenvalue weighted by Gasteiger charge is -2.20. The van der Waals surface area contributed by atoms with Gasteiger partial charge >= 0.3 is 5.97 Å². The van der Waals surface area contributed by atoms with Crippen LogP contribution >= 0.6 is 15.9 Å². The molecule has 6 nitrogen and oxygen atoms in total. The maximum absolute atomic E-state index is 11.9. The quantitative estimate of drug-likeness (QED) is 0.357. The van der Waals surface area contributed by atoms with Crippen molar-refractivity contribution in [2.75, 3.05) is 13.2 Å². The van der Waals surface area contributed by atoms with Crippen molar-refractivity contribution < 1.29 is 19.2 Å². The molecular formula is C13H10BrNO5. The summed E-state index contributed by atoms with van der Waals surface area (Å²) in [5, 5.41) is 10.6. The fraction of sp³-hybridized carbons (Fsp3) is 0.308. The van der Waals surface area contributed by atoms with Crippen LogP contribution in [0.2, 0.25) is 0 Å². The molecule has 2 heterocycles. The summed E-state index contributed by atoms with van der Waals surface area (Å²) in [6.45, 7) is 0.663. The van der Waals surface area contributed by atoms with Crippen molar-refractivity contribution in [3.05, 3.63) is 51.1 Å². The lowest BCUT2D eigenvalue weighted by Crippen LogP contribution is -2.26. The Balaban J connectivity index is 1.95. The molecule has 7 heteroatoms. The number of hydrogen-bond acceptors (Lipinski definition) is 5. The molecule has 2 atom stereocenters. The largest absolute Gasteiger partial charge is 0.461 e. The molecule has 1 aromatic rings. The highest BCUT2D eigenvalue weighted by atomic mass is 79.9. The van der Waals surface area contributed by atoms with Crippen LogP contribution in [-0.2, 0) is 14.3 Å². The van der Waals surface area contributed by atoms with E-state index in [1.54, 1.807) is 12.1 Å². The summed E-state index contributed by atoms with van der Waals surface area (Å²) >= 11 is 3.45. The van der Waals surface area contributed by atoms with E-state index in [0.29, 0.717) is 24.4 Å². The minimum absolute atomic E-state index is 0.00513. The number of rotatable bonds is 2. The second kappa shape index (κ2) is 4.99. The third-order valence-electron chi connectivity index (χ3n) is 3.38. The van der Waals surface area contributed by atoms with E-state index < -0.39 is 11.0 Å². The Morgan fingerprint density at radius 3 is 2.65 bits per heavy atom. The highest BCUT2D eigenvalue weighted by Crippen LogP contribution is 2.40. The van der Waals surface area contributed by atoms with Gasteiger partial charge < -0.3 is 9.47 Å². The molecule has 0 aromatic heterocycles. The number of non-ortho nitro benzene ring substituents is 1. The molecule has 1 aromatic carbocycles.